The number of nitrogens with one attached hydrogen (secondary N) is 1. The van der Waals surface area contributed by atoms with Gasteiger partial charge in [-0.3, -0.25) is 0 Å². The normalized spacial score (nSPS) is 18.7. The van der Waals surface area contributed by atoms with E-state index >= 15 is 0 Å². The first-order valence-electron chi connectivity index (χ1n) is 6.97. The molecule has 0 radical (unpaired) electrons. The molecule has 0 aliphatic carbocycles. The van der Waals surface area contributed by atoms with Gasteiger partial charge in [-0.15, -0.1) is 11.6 Å². The molecule has 1 rings (SSSR count). The van der Waals surface area contributed by atoms with Crippen molar-refractivity contribution in [3.8, 4) is 0 Å². The zero-order valence-electron chi connectivity index (χ0n) is 11.0. The highest BCUT2D eigenvalue weighted by molar-refractivity contribution is 7.87. The molecule has 1 aliphatic heterocycles. The van der Waals surface area contributed by atoms with Crippen LogP contribution in [0.2, 0.25) is 0 Å². The second-order valence-corrected chi connectivity index (χ2v) is 6.95. The molecule has 6 heteroatoms. The predicted octanol–water partition coefficient (Wildman–Crippen LogP) is 2.50. The standard InChI is InChI=1S/C12H25ClN2O2S/c13-9-5-1-2-6-10-14-18(16,17)15-11-7-3-4-8-12-15/h14H,1-12H2. The summed E-state index contributed by atoms with van der Waals surface area (Å²) in [5, 5.41) is 0. The molecule has 0 atom stereocenters. The quantitative estimate of drug-likeness (QED) is 0.553. The molecule has 0 amide bonds. The molecule has 0 aromatic heterocycles. The molecule has 1 heterocycles. The lowest BCUT2D eigenvalue weighted by atomic mass is 10.2. The molecule has 0 aromatic rings. The highest BCUT2D eigenvalue weighted by Gasteiger charge is 2.21. The minimum absolute atomic E-state index is 0.543. The van der Waals surface area contributed by atoms with Gasteiger partial charge in [0.1, 0.15) is 0 Å². The number of alkyl halides is 1. The van der Waals surface area contributed by atoms with Gasteiger partial charge in [-0.05, 0) is 25.7 Å². The molecule has 0 saturated carbocycles. The number of hydrogen-bond acceptors (Lipinski definition) is 2. The Kier molecular flexibility index (Phi) is 8.22. The number of rotatable bonds is 8. The fraction of sp³-hybridized carbons (Fsp3) is 1.00. The van der Waals surface area contributed by atoms with Gasteiger partial charge in [-0.1, -0.05) is 25.7 Å². The molecule has 1 N–H and O–H groups in total. The second-order valence-electron chi connectivity index (χ2n) is 4.82. The monoisotopic (exact) mass is 296 g/mol. The third-order valence-electron chi connectivity index (χ3n) is 3.25. The van der Waals surface area contributed by atoms with Crippen molar-refractivity contribution in [2.24, 2.45) is 0 Å². The molecule has 1 saturated heterocycles. The van der Waals surface area contributed by atoms with Gasteiger partial charge in [0.25, 0.3) is 10.2 Å². The van der Waals surface area contributed by atoms with E-state index in [-0.39, 0.29) is 0 Å². The summed E-state index contributed by atoms with van der Waals surface area (Å²) in [5.74, 6) is 0.694. The van der Waals surface area contributed by atoms with Gasteiger partial charge in [0.2, 0.25) is 0 Å². The summed E-state index contributed by atoms with van der Waals surface area (Å²) in [6.07, 6.45) is 8.27. The average molecular weight is 297 g/mol. The Labute approximate surface area is 116 Å². The van der Waals surface area contributed by atoms with Crippen molar-refractivity contribution in [2.75, 3.05) is 25.5 Å². The van der Waals surface area contributed by atoms with Crippen molar-refractivity contribution in [3.63, 3.8) is 0 Å². The molecule has 1 aliphatic rings. The van der Waals surface area contributed by atoms with Crippen LogP contribution in [-0.4, -0.2) is 38.2 Å². The smallest absolute Gasteiger partial charge is 0.202 e. The summed E-state index contributed by atoms with van der Waals surface area (Å²) in [4.78, 5) is 0. The summed E-state index contributed by atoms with van der Waals surface area (Å²) in [7, 11) is -3.24. The highest BCUT2D eigenvalue weighted by atomic mass is 35.5. The first-order chi connectivity index (χ1) is 8.67. The fourth-order valence-corrected chi connectivity index (χ4v) is 3.66. The summed E-state index contributed by atoms with van der Waals surface area (Å²) < 4.78 is 28.3. The van der Waals surface area contributed by atoms with Crippen LogP contribution in [0.25, 0.3) is 0 Å². The Hall–Kier alpha value is 0.160. The van der Waals surface area contributed by atoms with E-state index in [1.54, 1.807) is 4.31 Å². The minimum Gasteiger partial charge on any atom is -0.202 e. The van der Waals surface area contributed by atoms with Crippen LogP contribution in [0, 0.1) is 0 Å². The van der Waals surface area contributed by atoms with Crippen LogP contribution < -0.4 is 4.72 Å². The maximum absolute atomic E-state index is 12.0. The molecule has 0 spiro atoms. The Balaban J connectivity index is 2.21. The maximum Gasteiger partial charge on any atom is 0.279 e. The SMILES string of the molecule is O=S(=O)(NCCCCCCCl)N1CCCCCC1. The molecule has 1 fully saturated rings. The zero-order chi connectivity index (χ0) is 13.3. The average Bonchev–Trinajstić information content (AvgIpc) is 2.63. The number of hydrogen-bond donors (Lipinski definition) is 1. The lowest BCUT2D eigenvalue weighted by molar-refractivity contribution is 0.414. The van der Waals surface area contributed by atoms with E-state index in [1.807, 2.05) is 0 Å². The van der Waals surface area contributed by atoms with Crippen molar-refractivity contribution in [2.45, 2.75) is 51.4 Å². The summed E-state index contributed by atoms with van der Waals surface area (Å²) in [6, 6.07) is 0. The van der Waals surface area contributed by atoms with Gasteiger partial charge in [0.15, 0.2) is 0 Å². The van der Waals surface area contributed by atoms with E-state index in [9.17, 15) is 8.42 Å². The molecule has 18 heavy (non-hydrogen) atoms. The van der Waals surface area contributed by atoms with E-state index in [2.05, 4.69) is 4.72 Å². The minimum atomic E-state index is -3.24. The van der Waals surface area contributed by atoms with Gasteiger partial charge < -0.3 is 0 Å². The van der Waals surface area contributed by atoms with Crippen LogP contribution in [0.15, 0.2) is 0 Å². The maximum atomic E-state index is 12.0. The first-order valence-corrected chi connectivity index (χ1v) is 8.95. The van der Waals surface area contributed by atoms with E-state index in [4.69, 9.17) is 11.6 Å². The fourth-order valence-electron chi connectivity index (χ4n) is 2.15. The topological polar surface area (TPSA) is 49.4 Å². The van der Waals surface area contributed by atoms with Crippen molar-refractivity contribution < 1.29 is 8.42 Å². The van der Waals surface area contributed by atoms with Crippen LogP contribution in [0.3, 0.4) is 0 Å². The van der Waals surface area contributed by atoms with Gasteiger partial charge >= 0.3 is 0 Å². The Morgan fingerprint density at radius 2 is 1.56 bits per heavy atom. The van der Waals surface area contributed by atoms with Crippen LogP contribution in [0.4, 0.5) is 0 Å². The van der Waals surface area contributed by atoms with Gasteiger partial charge in [0, 0.05) is 25.5 Å². The molecule has 4 nitrogen and oxygen atoms in total. The van der Waals surface area contributed by atoms with E-state index in [1.165, 1.54) is 0 Å². The largest absolute Gasteiger partial charge is 0.279 e. The van der Waals surface area contributed by atoms with E-state index in [0.29, 0.717) is 25.5 Å². The van der Waals surface area contributed by atoms with Crippen molar-refractivity contribution >= 4 is 21.8 Å². The first kappa shape index (κ1) is 16.2. The molecule has 108 valence electrons. The van der Waals surface area contributed by atoms with Crippen LogP contribution in [0.1, 0.15) is 51.4 Å². The van der Waals surface area contributed by atoms with Crippen LogP contribution in [-0.2, 0) is 10.2 Å². The van der Waals surface area contributed by atoms with Crippen LogP contribution in [0.5, 0.6) is 0 Å². The second kappa shape index (κ2) is 9.13. The van der Waals surface area contributed by atoms with Gasteiger partial charge in [-0.2, -0.15) is 12.7 Å². The Bertz CT molecular complexity index is 301. The molecular weight excluding hydrogens is 272 g/mol. The van der Waals surface area contributed by atoms with Crippen molar-refractivity contribution in [1.82, 2.24) is 9.03 Å². The van der Waals surface area contributed by atoms with Crippen molar-refractivity contribution in [1.29, 1.82) is 0 Å². The number of nitrogens with zero attached hydrogens (tertiary/aromatic N) is 1. The van der Waals surface area contributed by atoms with E-state index in [0.717, 1.165) is 51.4 Å². The van der Waals surface area contributed by atoms with Crippen molar-refractivity contribution in [3.05, 3.63) is 0 Å². The third-order valence-corrected chi connectivity index (χ3v) is 5.13. The highest BCUT2D eigenvalue weighted by Crippen LogP contribution is 2.12. The van der Waals surface area contributed by atoms with Gasteiger partial charge in [0.05, 0.1) is 0 Å². The Morgan fingerprint density at radius 3 is 2.17 bits per heavy atom. The lowest BCUT2D eigenvalue weighted by Crippen LogP contribution is -2.41. The molecule has 0 unspecified atom stereocenters. The summed E-state index contributed by atoms with van der Waals surface area (Å²) >= 11 is 5.59. The number of halogens is 1. The van der Waals surface area contributed by atoms with Gasteiger partial charge in [-0.25, -0.2) is 4.72 Å². The summed E-state index contributed by atoms with van der Waals surface area (Å²) in [5.41, 5.74) is 0. The third kappa shape index (κ3) is 6.36. The number of unbranched alkanes of at least 4 members (excludes halogenated alkanes) is 3. The molecular formula is C12H25ClN2O2S. The van der Waals surface area contributed by atoms with Crippen LogP contribution >= 0.6 is 11.6 Å². The zero-order valence-corrected chi connectivity index (χ0v) is 12.6. The predicted molar refractivity (Wildman–Crippen MR) is 76.2 cm³/mol. The molecule has 0 aromatic carbocycles. The molecule has 0 bridgehead atoms. The summed E-state index contributed by atoms with van der Waals surface area (Å²) in [6.45, 7) is 1.88. The lowest BCUT2D eigenvalue weighted by Gasteiger charge is -2.20. The Morgan fingerprint density at radius 1 is 0.944 bits per heavy atom. The van der Waals surface area contributed by atoms with E-state index < -0.39 is 10.2 Å².